The van der Waals surface area contributed by atoms with Gasteiger partial charge in [-0.25, -0.2) is 0 Å². The van der Waals surface area contributed by atoms with Gasteiger partial charge in [-0.3, -0.25) is 14.5 Å². The molecule has 2 bridgehead atoms. The highest BCUT2D eigenvalue weighted by molar-refractivity contribution is 9.10. The van der Waals surface area contributed by atoms with E-state index in [0.29, 0.717) is 17.5 Å². The molecule has 0 N–H and O–H groups in total. The van der Waals surface area contributed by atoms with Crippen molar-refractivity contribution in [2.24, 2.45) is 29.1 Å². The molecule has 4 aliphatic rings. The summed E-state index contributed by atoms with van der Waals surface area (Å²) in [7, 11) is 0. The Morgan fingerprint density at radius 1 is 0.952 bits per heavy atom. The van der Waals surface area contributed by atoms with Crippen molar-refractivity contribution >= 4 is 33.4 Å². The molecule has 1 spiro atoms. The van der Waals surface area contributed by atoms with Gasteiger partial charge in [0.25, 0.3) is 0 Å². The summed E-state index contributed by atoms with van der Waals surface area (Å²) in [5.74, 6) is 0.386. The first-order chi connectivity index (χ1) is 10.1. The lowest BCUT2D eigenvalue weighted by Gasteiger charge is -2.21. The number of allylic oxidation sites excluding steroid dienone is 2. The van der Waals surface area contributed by atoms with Gasteiger partial charge in [0.05, 0.1) is 17.5 Å². The van der Waals surface area contributed by atoms with Gasteiger partial charge in [0, 0.05) is 4.47 Å². The first kappa shape index (κ1) is 12.2. The van der Waals surface area contributed by atoms with Gasteiger partial charge in [0.15, 0.2) is 0 Å². The van der Waals surface area contributed by atoms with Crippen LogP contribution in [0, 0.1) is 29.1 Å². The summed E-state index contributed by atoms with van der Waals surface area (Å²) < 4.78 is 0.948. The van der Waals surface area contributed by atoms with E-state index in [4.69, 9.17) is 0 Å². The van der Waals surface area contributed by atoms with Crippen molar-refractivity contribution in [3.8, 4) is 0 Å². The molecule has 1 aromatic rings. The van der Waals surface area contributed by atoms with E-state index in [9.17, 15) is 9.59 Å². The van der Waals surface area contributed by atoms with E-state index in [1.807, 2.05) is 24.3 Å². The van der Waals surface area contributed by atoms with Crippen LogP contribution in [0.15, 0.2) is 40.9 Å². The Hall–Kier alpha value is -1.42. The van der Waals surface area contributed by atoms with E-state index >= 15 is 0 Å². The van der Waals surface area contributed by atoms with E-state index in [1.54, 1.807) is 0 Å². The molecule has 4 heteroatoms. The Bertz CT molecular complexity index is 670. The second-order valence-corrected chi connectivity index (χ2v) is 7.63. The molecule has 21 heavy (non-hydrogen) atoms. The van der Waals surface area contributed by atoms with Gasteiger partial charge in [-0.1, -0.05) is 28.1 Å². The number of nitrogens with zero attached hydrogens (tertiary/aromatic N) is 1. The van der Waals surface area contributed by atoms with Crippen molar-refractivity contribution in [3.05, 3.63) is 40.9 Å². The van der Waals surface area contributed by atoms with Crippen molar-refractivity contribution in [1.82, 2.24) is 0 Å². The van der Waals surface area contributed by atoms with Crippen LogP contribution in [0.5, 0.6) is 0 Å². The maximum absolute atomic E-state index is 12.8. The van der Waals surface area contributed by atoms with Crippen LogP contribution < -0.4 is 4.90 Å². The van der Waals surface area contributed by atoms with Gasteiger partial charge in [-0.15, -0.1) is 0 Å². The summed E-state index contributed by atoms with van der Waals surface area (Å²) in [5.41, 5.74) is 0.971. The highest BCUT2D eigenvalue weighted by atomic mass is 79.9. The van der Waals surface area contributed by atoms with E-state index in [-0.39, 0.29) is 29.1 Å². The van der Waals surface area contributed by atoms with Crippen LogP contribution >= 0.6 is 15.9 Å². The first-order valence-electron chi connectivity index (χ1n) is 7.45. The first-order valence-corrected chi connectivity index (χ1v) is 8.24. The molecule has 1 saturated heterocycles. The second kappa shape index (κ2) is 3.67. The summed E-state index contributed by atoms with van der Waals surface area (Å²) in [6, 6.07) is 7.42. The molecule has 0 radical (unpaired) electrons. The molecule has 4 atom stereocenters. The summed E-state index contributed by atoms with van der Waals surface area (Å²) in [5, 5.41) is 0. The molecular formula is C17H14BrNO2. The van der Waals surface area contributed by atoms with E-state index in [2.05, 4.69) is 28.1 Å². The van der Waals surface area contributed by atoms with Gasteiger partial charge in [-0.2, -0.15) is 0 Å². The molecule has 2 saturated carbocycles. The van der Waals surface area contributed by atoms with Crippen LogP contribution in [0.1, 0.15) is 12.8 Å². The molecule has 3 nitrogen and oxygen atoms in total. The Morgan fingerprint density at radius 2 is 1.48 bits per heavy atom. The molecule has 1 aliphatic heterocycles. The smallest absolute Gasteiger partial charge is 0.238 e. The average Bonchev–Trinajstić information content (AvgIpc) is 3.07. The number of halogens is 1. The molecule has 2 amide bonds. The Kier molecular flexibility index (Phi) is 2.12. The van der Waals surface area contributed by atoms with Gasteiger partial charge in [-0.05, 0) is 54.4 Å². The second-order valence-electron chi connectivity index (χ2n) is 6.71. The lowest BCUT2D eigenvalue weighted by molar-refractivity contribution is -0.123. The number of anilines is 1. The fourth-order valence-corrected chi connectivity index (χ4v) is 5.19. The molecule has 1 heterocycles. The molecule has 5 rings (SSSR count). The van der Waals surface area contributed by atoms with Crippen molar-refractivity contribution in [2.75, 3.05) is 4.90 Å². The summed E-state index contributed by atoms with van der Waals surface area (Å²) >= 11 is 3.39. The van der Waals surface area contributed by atoms with Gasteiger partial charge in [0.1, 0.15) is 0 Å². The SMILES string of the molecule is O=C1[C@@H]2[C@@H](C(=O)N1c1ccc(Br)cc1)[C@@H]1C=C[C@H]2C12CC2. The summed E-state index contributed by atoms with van der Waals surface area (Å²) in [4.78, 5) is 27.1. The minimum Gasteiger partial charge on any atom is -0.274 e. The van der Waals surface area contributed by atoms with E-state index < -0.39 is 0 Å². The zero-order valence-corrected chi connectivity index (χ0v) is 12.9. The van der Waals surface area contributed by atoms with Crippen LogP contribution in [-0.2, 0) is 9.59 Å². The third-order valence-electron chi connectivity index (χ3n) is 5.94. The quantitative estimate of drug-likeness (QED) is 0.580. The van der Waals surface area contributed by atoms with Gasteiger partial charge < -0.3 is 0 Å². The molecule has 1 aromatic carbocycles. The number of fused-ring (bicyclic) bond motifs is 3. The van der Waals surface area contributed by atoms with Gasteiger partial charge >= 0.3 is 0 Å². The van der Waals surface area contributed by atoms with Crippen LogP contribution in [-0.4, -0.2) is 11.8 Å². The molecule has 0 unspecified atom stereocenters. The average molecular weight is 344 g/mol. The monoisotopic (exact) mass is 343 g/mol. The lowest BCUT2D eigenvalue weighted by atomic mass is 9.85. The van der Waals surface area contributed by atoms with Crippen LogP contribution in [0.2, 0.25) is 0 Å². The topological polar surface area (TPSA) is 37.4 Å². The predicted octanol–water partition coefficient (Wildman–Crippen LogP) is 3.15. The number of hydrogen-bond donors (Lipinski definition) is 0. The minimum absolute atomic E-state index is 0.00967. The Morgan fingerprint density at radius 3 is 1.95 bits per heavy atom. The maximum Gasteiger partial charge on any atom is 0.238 e. The molecular weight excluding hydrogens is 330 g/mol. The summed E-state index contributed by atoms with van der Waals surface area (Å²) in [6.07, 6.45) is 6.77. The standard InChI is InChI=1S/C17H14BrNO2/c18-9-1-3-10(4-2-9)19-15(20)13-11-5-6-12(14(13)16(19)21)17(11)7-8-17/h1-6,11-14H,7-8H2/t11-,12+,13-,14-/m0/s1. The molecule has 0 aromatic heterocycles. The van der Waals surface area contributed by atoms with Crippen LogP contribution in [0.3, 0.4) is 0 Å². The number of amides is 2. The number of benzene rings is 1. The fourth-order valence-electron chi connectivity index (χ4n) is 4.92. The third-order valence-corrected chi connectivity index (χ3v) is 6.47. The van der Waals surface area contributed by atoms with Gasteiger partial charge in [0.2, 0.25) is 11.8 Å². The fraction of sp³-hybridized carbons (Fsp3) is 0.412. The maximum atomic E-state index is 12.8. The number of hydrogen-bond acceptors (Lipinski definition) is 2. The Labute approximate surface area is 131 Å². The predicted molar refractivity (Wildman–Crippen MR) is 81.4 cm³/mol. The molecule has 3 fully saturated rings. The van der Waals surface area contributed by atoms with Crippen molar-refractivity contribution in [3.63, 3.8) is 0 Å². The number of carbonyl (C=O) groups excluding carboxylic acids is 2. The highest BCUT2D eigenvalue weighted by Gasteiger charge is 2.73. The lowest BCUT2D eigenvalue weighted by Crippen LogP contribution is -2.34. The summed E-state index contributed by atoms with van der Waals surface area (Å²) in [6.45, 7) is 0. The third kappa shape index (κ3) is 1.30. The van der Waals surface area contributed by atoms with E-state index in [0.717, 1.165) is 4.47 Å². The number of rotatable bonds is 1. The largest absolute Gasteiger partial charge is 0.274 e. The normalized spacial score (nSPS) is 37.7. The molecule has 3 aliphatic carbocycles. The number of carbonyl (C=O) groups is 2. The molecule has 106 valence electrons. The Balaban J connectivity index is 1.57. The van der Waals surface area contributed by atoms with E-state index in [1.165, 1.54) is 17.7 Å². The van der Waals surface area contributed by atoms with Crippen LogP contribution in [0.4, 0.5) is 5.69 Å². The van der Waals surface area contributed by atoms with Crippen LogP contribution in [0.25, 0.3) is 0 Å². The minimum atomic E-state index is -0.112. The zero-order chi connectivity index (χ0) is 14.4. The number of imide groups is 1. The highest BCUT2D eigenvalue weighted by Crippen LogP contribution is 2.73. The van der Waals surface area contributed by atoms with Crippen molar-refractivity contribution in [1.29, 1.82) is 0 Å². The zero-order valence-electron chi connectivity index (χ0n) is 11.3. The van der Waals surface area contributed by atoms with Crippen molar-refractivity contribution < 1.29 is 9.59 Å². The van der Waals surface area contributed by atoms with Crippen molar-refractivity contribution in [2.45, 2.75) is 12.8 Å².